The Morgan fingerprint density at radius 2 is 2.40 bits per heavy atom. The molecule has 0 radical (unpaired) electrons. The molecule has 1 atom stereocenters. The van der Waals surface area contributed by atoms with Crippen LogP contribution in [0.1, 0.15) is 36.9 Å². The molecule has 15 heavy (non-hydrogen) atoms. The number of halogens is 1. The summed E-state index contributed by atoms with van der Waals surface area (Å²) in [5.41, 5.74) is 1.39. The molecule has 0 spiro atoms. The van der Waals surface area contributed by atoms with Gasteiger partial charge in [0.05, 0.1) is 10.2 Å². The monoisotopic (exact) mass is 269 g/mol. The van der Waals surface area contributed by atoms with E-state index in [0.29, 0.717) is 5.69 Å². The molecule has 0 bridgehead atoms. The Morgan fingerprint density at radius 3 is 3.00 bits per heavy atom. The van der Waals surface area contributed by atoms with E-state index in [1.54, 1.807) is 4.68 Å². The van der Waals surface area contributed by atoms with Gasteiger partial charge in [0.2, 0.25) is 0 Å². The standard InChI is InChI=1S/C10H12BrN3O/c1-7-10(11)8(6-12)14(13-7)9-4-2-3-5-15-9/h9H,2-5H2,1H3. The van der Waals surface area contributed by atoms with Gasteiger partial charge in [-0.1, -0.05) is 0 Å². The van der Waals surface area contributed by atoms with Crippen LogP contribution in [0.25, 0.3) is 0 Å². The molecule has 1 fully saturated rings. The van der Waals surface area contributed by atoms with E-state index < -0.39 is 0 Å². The summed E-state index contributed by atoms with van der Waals surface area (Å²) in [5.74, 6) is 0. The molecule has 0 saturated carbocycles. The zero-order valence-electron chi connectivity index (χ0n) is 8.53. The second-order valence-electron chi connectivity index (χ2n) is 3.63. The average molecular weight is 270 g/mol. The Labute approximate surface area is 97.0 Å². The van der Waals surface area contributed by atoms with Crippen LogP contribution in [0.5, 0.6) is 0 Å². The molecular formula is C10H12BrN3O. The Balaban J connectivity index is 2.35. The maximum atomic E-state index is 9.05. The first kappa shape index (κ1) is 10.7. The molecule has 1 aromatic rings. The molecule has 2 heterocycles. The Morgan fingerprint density at radius 1 is 1.60 bits per heavy atom. The first-order valence-electron chi connectivity index (χ1n) is 5.00. The van der Waals surface area contributed by atoms with Crippen LogP contribution in [-0.2, 0) is 4.74 Å². The SMILES string of the molecule is Cc1nn(C2CCCCO2)c(C#N)c1Br. The highest BCUT2D eigenvalue weighted by molar-refractivity contribution is 9.10. The van der Waals surface area contributed by atoms with Crippen molar-refractivity contribution >= 4 is 15.9 Å². The Hall–Kier alpha value is -0.860. The van der Waals surface area contributed by atoms with Crippen molar-refractivity contribution in [2.75, 3.05) is 6.61 Å². The fourth-order valence-electron chi connectivity index (χ4n) is 1.75. The predicted molar refractivity (Wildman–Crippen MR) is 58.2 cm³/mol. The van der Waals surface area contributed by atoms with Crippen molar-refractivity contribution in [1.82, 2.24) is 9.78 Å². The van der Waals surface area contributed by atoms with Crippen LogP contribution >= 0.6 is 15.9 Å². The van der Waals surface area contributed by atoms with E-state index in [2.05, 4.69) is 27.1 Å². The summed E-state index contributed by atoms with van der Waals surface area (Å²) in [5, 5.41) is 13.4. The van der Waals surface area contributed by atoms with Crippen molar-refractivity contribution < 1.29 is 4.74 Å². The summed E-state index contributed by atoms with van der Waals surface area (Å²) in [6.45, 7) is 2.64. The third-order valence-corrected chi connectivity index (χ3v) is 3.50. The first-order chi connectivity index (χ1) is 7.24. The molecule has 0 N–H and O–H groups in total. The maximum absolute atomic E-state index is 9.05. The summed E-state index contributed by atoms with van der Waals surface area (Å²) in [6, 6.07) is 2.16. The van der Waals surface area contributed by atoms with Crippen molar-refractivity contribution in [3.8, 4) is 6.07 Å². The third kappa shape index (κ3) is 1.92. The molecule has 0 amide bonds. The summed E-state index contributed by atoms with van der Waals surface area (Å²) in [7, 11) is 0. The maximum Gasteiger partial charge on any atom is 0.155 e. The van der Waals surface area contributed by atoms with Gasteiger partial charge in [-0.25, -0.2) is 4.68 Å². The van der Waals surface area contributed by atoms with Crippen LogP contribution in [0.3, 0.4) is 0 Å². The minimum Gasteiger partial charge on any atom is -0.356 e. The van der Waals surface area contributed by atoms with Crippen molar-refractivity contribution in [2.24, 2.45) is 0 Å². The zero-order chi connectivity index (χ0) is 10.8. The van der Waals surface area contributed by atoms with Gasteiger partial charge < -0.3 is 4.74 Å². The normalized spacial score (nSPS) is 21.3. The number of nitrogens with zero attached hydrogens (tertiary/aromatic N) is 3. The number of hydrogen-bond acceptors (Lipinski definition) is 3. The molecule has 1 unspecified atom stereocenters. The van der Waals surface area contributed by atoms with E-state index in [4.69, 9.17) is 10.00 Å². The quantitative estimate of drug-likeness (QED) is 0.787. The Bertz CT molecular complexity index is 402. The van der Waals surface area contributed by atoms with Gasteiger partial charge in [-0.15, -0.1) is 0 Å². The van der Waals surface area contributed by atoms with Crippen molar-refractivity contribution in [2.45, 2.75) is 32.4 Å². The summed E-state index contributed by atoms with van der Waals surface area (Å²) in [6.07, 6.45) is 3.09. The molecule has 1 aromatic heterocycles. The summed E-state index contributed by atoms with van der Waals surface area (Å²) < 4.78 is 8.07. The number of rotatable bonds is 1. The number of aryl methyl sites for hydroxylation is 1. The van der Waals surface area contributed by atoms with E-state index >= 15 is 0 Å². The first-order valence-corrected chi connectivity index (χ1v) is 5.79. The lowest BCUT2D eigenvalue weighted by molar-refractivity contribution is -0.0401. The van der Waals surface area contributed by atoms with E-state index in [1.165, 1.54) is 0 Å². The van der Waals surface area contributed by atoms with Crippen LogP contribution in [0.4, 0.5) is 0 Å². The van der Waals surface area contributed by atoms with Gasteiger partial charge in [0.1, 0.15) is 6.07 Å². The minimum absolute atomic E-state index is 0.0709. The predicted octanol–water partition coefficient (Wildman–Crippen LogP) is 2.52. The van der Waals surface area contributed by atoms with Crippen LogP contribution in [0, 0.1) is 18.3 Å². The van der Waals surface area contributed by atoms with Crippen LogP contribution in [0.15, 0.2) is 4.47 Å². The average Bonchev–Trinajstić information content (AvgIpc) is 2.56. The molecule has 1 saturated heterocycles. The van der Waals surface area contributed by atoms with Gasteiger partial charge in [-0.2, -0.15) is 10.4 Å². The molecule has 1 aliphatic heterocycles. The number of aromatic nitrogens is 2. The number of ether oxygens (including phenoxy) is 1. The van der Waals surface area contributed by atoms with Gasteiger partial charge in [0.25, 0.3) is 0 Å². The van der Waals surface area contributed by atoms with Crippen molar-refractivity contribution in [1.29, 1.82) is 5.26 Å². The van der Waals surface area contributed by atoms with Gasteiger partial charge >= 0.3 is 0 Å². The molecule has 5 heteroatoms. The highest BCUT2D eigenvalue weighted by Crippen LogP contribution is 2.28. The van der Waals surface area contributed by atoms with Crippen molar-refractivity contribution in [3.63, 3.8) is 0 Å². The third-order valence-electron chi connectivity index (χ3n) is 2.55. The molecule has 1 aliphatic rings. The van der Waals surface area contributed by atoms with E-state index in [9.17, 15) is 0 Å². The molecular weight excluding hydrogens is 258 g/mol. The van der Waals surface area contributed by atoms with Crippen LogP contribution in [0.2, 0.25) is 0 Å². The fourth-order valence-corrected chi connectivity index (χ4v) is 2.10. The second kappa shape index (κ2) is 4.33. The van der Waals surface area contributed by atoms with E-state index in [-0.39, 0.29) is 6.23 Å². The van der Waals surface area contributed by atoms with Crippen molar-refractivity contribution in [3.05, 3.63) is 15.9 Å². The van der Waals surface area contributed by atoms with Gasteiger partial charge in [0.15, 0.2) is 11.9 Å². The smallest absolute Gasteiger partial charge is 0.155 e. The molecule has 0 aliphatic carbocycles. The molecule has 2 rings (SSSR count). The number of nitriles is 1. The highest BCUT2D eigenvalue weighted by atomic mass is 79.9. The van der Waals surface area contributed by atoms with Gasteiger partial charge in [0, 0.05) is 6.61 Å². The second-order valence-corrected chi connectivity index (χ2v) is 4.42. The van der Waals surface area contributed by atoms with Gasteiger partial charge in [-0.3, -0.25) is 0 Å². The summed E-state index contributed by atoms with van der Waals surface area (Å²) in [4.78, 5) is 0. The largest absolute Gasteiger partial charge is 0.356 e. The zero-order valence-corrected chi connectivity index (χ0v) is 10.1. The van der Waals surface area contributed by atoms with Crippen LogP contribution in [-0.4, -0.2) is 16.4 Å². The van der Waals surface area contributed by atoms with Crippen LogP contribution < -0.4 is 0 Å². The highest BCUT2D eigenvalue weighted by Gasteiger charge is 2.22. The van der Waals surface area contributed by atoms with Gasteiger partial charge in [-0.05, 0) is 42.1 Å². The minimum atomic E-state index is -0.0709. The lowest BCUT2D eigenvalue weighted by Crippen LogP contribution is -2.20. The number of hydrogen-bond donors (Lipinski definition) is 0. The lowest BCUT2D eigenvalue weighted by Gasteiger charge is -2.23. The van der Waals surface area contributed by atoms with E-state index in [0.717, 1.165) is 36.0 Å². The lowest BCUT2D eigenvalue weighted by atomic mass is 10.2. The molecule has 0 aromatic carbocycles. The van der Waals surface area contributed by atoms with E-state index in [1.807, 2.05) is 6.92 Å². The molecule has 80 valence electrons. The Kier molecular flexibility index (Phi) is 3.08. The fraction of sp³-hybridized carbons (Fsp3) is 0.600. The topological polar surface area (TPSA) is 50.8 Å². The summed E-state index contributed by atoms with van der Waals surface area (Å²) >= 11 is 3.37. The molecule has 4 nitrogen and oxygen atoms in total.